The van der Waals surface area contributed by atoms with E-state index in [2.05, 4.69) is 16.8 Å². The minimum atomic E-state index is -2.60. The Morgan fingerprint density at radius 2 is 1.92 bits per heavy atom. The number of aromatic hydroxyl groups is 1. The van der Waals surface area contributed by atoms with Gasteiger partial charge >= 0.3 is 0 Å². The van der Waals surface area contributed by atoms with Gasteiger partial charge in [-0.3, -0.25) is 19.4 Å². The summed E-state index contributed by atoms with van der Waals surface area (Å²) in [6.07, 6.45) is 3.08. The molecule has 38 heavy (non-hydrogen) atoms. The molecule has 1 heterocycles. The third-order valence-corrected chi connectivity index (χ3v) is 7.53. The molecule has 5 rings (SSSR count). The van der Waals surface area contributed by atoms with Crippen LogP contribution in [0.2, 0.25) is 0 Å². The summed E-state index contributed by atoms with van der Waals surface area (Å²) in [5.74, 6) is -0.875. The summed E-state index contributed by atoms with van der Waals surface area (Å²) in [5.41, 5.74) is 3.64. The van der Waals surface area contributed by atoms with E-state index in [9.17, 15) is 34.8 Å². The van der Waals surface area contributed by atoms with Gasteiger partial charge in [-0.15, -0.1) is 0 Å². The number of fused-ring (bicyclic) bond motifs is 3. The fourth-order valence-corrected chi connectivity index (χ4v) is 5.74. The van der Waals surface area contributed by atoms with Crippen LogP contribution in [0, 0.1) is 23.7 Å². The first-order valence-corrected chi connectivity index (χ1v) is 11.9. The number of aromatic nitrogens is 1. The van der Waals surface area contributed by atoms with E-state index < -0.39 is 52.0 Å². The fourth-order valence-electron chi connectivity index (χ4n) is 5.74. The van der Waals surface area contributed by atoms with Gasteiger partial charge in [-0.05, 0) is 42.5 Å². The van der Waals surface area contributed by atoms with Crippen molar-refractivity contribution >= 4 is 28.9 Å². The number of benzene rings is 1. The minimum absolute atomic E-state index is 0.00110. The normalized spacial score (nSPS) is 24.2. The Hall–Kier alpha value is -4.62. The Balaban J connectivity index is 1.71. The van der Waals surface area contributed by atoms with Crippen LogP contribution in [0.5, 0.6) is 5.75 Å². The van der Waals surface area contributed by atoms with Crippen LogP contribution in [0.3, 0.4) is 0 Å². The summed E-state index contributed by atoms with van der Waals surface area (Å²) in [5, 5.41) is 44.7. The molecule has 6 N–H and O–H groups in total. The van der Waals surface area contributed by atoms with E-state index in [1.54, 1.807) is 49.6 Å². The highest BCUT2D eigenvalue weighted by atomic mass is 16.3. The number of carbonyl (C=O) groups excluding carboxylic acids is 3. The molecule has 1 amide bonds. The smallest absolute Gasteiger partial charge is 0.255 e. The van der Waals surface area contributed by atoms with E-state index in [1.165, 1.54) is 0 Å². The molecule has 3 aliphatic rings. The second-order valence-electron chi connectivity index (χ2n) is 9.94. The second kappa shape index (κ2) is 8.75. The second-order valence-corrected chi connectivity index (χ2v) is 9.94. The van der Waals surface area contributed by atoms with E-state index in [1.807, 2.05) is 0 Å². The van der Waals surface area contributed by atoms with Gasteiger partial charge in [0.2, 0.25) is 5.78 Å². The molecule has 1 saturated carbocycles. The lowest BCUT2D eigenvalue weighted by Crippen LogP contribution is -2.58. The molecule has 0 spiro atoms. The van der Waals surface area contributed by atoms with Gasteiger partial charge in [-0.25, -0.2) is 0 Å². The molecule has 3 atom stereocenters. The fraction of sp³-hybridized carbons (Fsp3) is 0.286. The van der Waals surface area contributed by atoms with E-state index in [4.69, 9.17) is 5.73 Å². The van der Waals surface area contributed by atoms with Gasteiger partial charge in [-0.2, -0.15) is 0 Å². The number of ketones is 2. The zero-order valence-electron chi connectivity index (χ0n) is 20.6. The predicted octanol–water partition coefficient (Wildman–Crippen LogP) is 1.28. The van der Waals surface area contributed by atoms with Gasteiger partial charge < -0.3 is 31.1 Å². The van der Waals surface area contributed by atoms with Crippen LogP contribution in [0.1, 0.15) is 35.1 Å². The Bertz CT molecular complexity index is 1550. The summed E-state index contributed by atoms with van der Waals surface area (Å²) in [4.78, 5) is 43.8. The number of primary amides is 1. The zero-order valence-corrected chi connectivity index (χ0v) is 20.6. The number of nitrogens with two attached hydrogens (primary N) is 1. The van der Waals surface area contributed by atoms with E-state index >= 15 is 0 Å². The number of aliphatic hydroxyl groups excluding tert-OH is 2. The van der Waals surface area contributed by atoms with E-state index in [0.29, 0.717) is 16.8 Å². The number of pyridine rings is 1. The molecule has 2 aromatic rings. The van der Waals surface area contributed by atoms with Crippen molar-refractivity contribution in [1.29, 1.82) is 0 Å². The van der Waals surface area contributed by atoms with Gasteiger partial charge in [0.1, 0.15) is 22.8 Å². The number of phenols is 1. The topological polar surface area (TPSA) is 174 Å². The molecule has 1 aromatic heterocycles. The molecule has 0 bridgehead atoms. The van der Waals surface area contributed by atoms with Crippen molar-refractivity contribution in [3.63, 3.8) is 0 Å². The third-order valence-electron chi connectivity index (χ3n) is 7.53. The monoisotopic (exact) mass is 515 g/mol. The number of carbonyl (C=O) groups is 3. The van der Waals surface area contributed by atoms with Crippen molar-refractivity contribution in [2.45, 2.75) is 24.9 Å². The molecule has 1 fully saturated rings. The third kappa shape index (κ3) is 3.55. The van der Waals surface area contributed by atoms with Crippen molar-refractivity contribution in [3.8, 4) is 17.6 Å². The lowest BCUT2D eigenvalue weighted by atomic mass is 9.59. The van der Waals surface area contributed by atoms with Crippen LogP contribution in [0.15, 0.2) is 47.5 Å². The van der Waals surface area contributed by atoms with Gasteiger partial charge in [-0.1, -0.05) is 11.8 Å². The predicted molar refractivity (Wildman–Crippen MR) is 136 cm³/mol. The zero-order chi connectivity index (χ0) is 27.5. The van der Waals surface area contributed by atoms with E-state index in [-0.39, 0.29) is 41.7 Å². The molecule has 3 aliphatic carbocycles. The van der Waals surface area contributed by atoms with E-state index in [0.717, 1.165) is 0 Å². The average Bonchev–Trinajstić information content (AvgIpc) is 2.86. The SMILES string of the molecule is CN(C)c1cc(C#Cc2cccnc2)c(O)c2c1CC1CC3CC(=O)C(C(N)=O)=C(O)C3(O)C(=O)C1=C2O. The standard InChI is InChI=1S/C28H25N3O7/c1-31(2)18-10-14(6-5-13-4-3-7-30-12-13)23(33)21-17(18)9-15-8-16-11-19(32)22(27(29)37)26(36)28(16,38)25(35)20(15)24(21)34/h3-4,7,10,12,15-16,33-34,36,38H,8-9,11H2,1-2H3,(H2,29,37). The van der Waals surface area contributed by atoms with Crippen LogP contribution in [0.4, 0.5) is 5.69 Å². The molecular weight excluding hydrogens is 490 g/mol. The van der Waals surface area contributed by atoms with Gasteiger partial charge in [0.05, 0.1) is 11.1 Å². The number of hydrogen-bond donors (Lipinski definition) is 5. The lowest BCUT2D eigenvalue weighted by molar-refractivity contribution is -0.147. The van der Waals surface area contributed by atoms with Gasteiger partial charge in [0.15, 0.2) is 11.4 Å². The summed E-state index contributed by atoms with van der Waals surface area (Å²) < 4.78 is 0. The maximum absolute atomic E-state index is 13.7. The van der Waals surface area contributed by atoms with Crippen molar-refractivity contribution in [2.24, 2.45) is 17.6 Å². The van der Waals surface area contributed by atoms with Gasteiger partial charge in [0.25, 0.3) is 5.91 Å². The Labute approximate surface area is 217 Å². The van der Waals surface area contributed by atoms with Crippen molar-refractivity contribution in [2.75, 3.05) is 19.0 Å². The highest BCUT2D eigenvalue weighted by Crippen LogP contribution is 2.53. The Kier molecular flexibility index (Phi) is 5.76. The molecular formula is C28H25N3O7. The van der Waals surface area contributed by atoms with Crippen LogP contribution in [0.25, 0.3) is 5.76 Å². The summed E-state index contributed by atoms with van der Waals surface area (Å²) in [6.45, 7) is 0. The Morgan fingerprint density at radius 3 is 2.55 bits per heavy atom. The average molecular weight is 516 g/mol. The molecule has 10 heteroatoms. The Morgan fingerprint density at radius 1 is 1.18 bits per heavy atom. The summed E-state index contributed by atoms with van der Waals surface area (Å²) in [7, 11) is 3.58. The molecule has 0 radical (unpaired) electrons. The van der Waals surface area contributed by atoms with Gasteiger partial charge in [0, 0.05) is 55.7 Å². The van der Waals surface area contributed by atoms with Crippen molar-refractivity contribution < 1.29 is 34.8 Å². The maximum atomic E-state index is 13.7. The quantitative estimate of drug-likeness (QED) is 0.291. The number of anilines is 1. The van der Waals surface area contributed by atoms with Crippen LogP contribution >= 0.6 is 0 Å². The highest BCUT2D eigenvalue weighted by molar-refractivity contribution is 6.22. The van der Waals surface area contributed by atoms with Crippen LogP contribution in [-0.4, -0.2) is 62.6 Å². The van der Waals surface area contributed by atoms with Crippen molar-refractivity contribution in [1.82, 2.24) is 4.98 Å². The molecule has 0 saturated heterocycles. The number of hydrogen-bond acceptors (Lipinski definition) is 9. The molecule has 10 nitrogen and oxygen atoms in total. The minimum Gasteiger partial charge on any atom is -0.508 e. The first-order chi connectivity index (χ1) is 18.0. The largest absolute Gasteiger partial charge is 0.508 e. The number of rotatable bonds is 2. The van der Waals surface area contributed by atoms with Crippen molar-refractivity contribution in [3.05, 3.63) is 69.8 Å². The highest BCUT2D eigenvalue weighted by Gasteiger charge is 2.60. The molecule has 194 valence electrons. The number of amides is 1. The number of nitrogens with zero attached hydrogens (tertiary/aromatic N) is 2. The first kappa shape index (κ1) is 25.0. The molecule has 1 aromatic carbocycles. The maximum Gasteiger partial charge on any atom is 0.255 e. The van der Waals surface area contributed by atoms with Crippen LogP contribution in [-0.2, 0) is 20.8 Å². The number of aliphatic hydroxyl groups is 3. The lowest BCUT2D eigenvalue weighted by Gasteiger charge is -2.46. The first-order valence-electron chi connectivity index (χ1n) is 11.9. The summed E-state index contributed by atoms with van der Waals surface area (Å²) in [6, 6.07) is 5.16. The van der Waals surface area contributed by atoms with Crippen LogP contribution < -0.4 is 10.6 Å². The summed E-state index contributed by atoms with van der Waals surface area (Å²) >= 11 is 0. The molecule has 0 aliphatic heterocycles. The molecule has 3 unspecified atom stereocenters. The number of Topliss-reactive ketones (excluding diaryl/α,β-unsaturated/α-hetero) is 2. The number of phenolic OH excluding ortho intramolecular Hbond substituents is 1.